The fourth-order valence-electron chi connectivity index (χ4n) is 4.12. The number of hydrogen-bond acceptors (Lipinski definition) is 5. The number of carbonyl (C=O) groups excluding carboxylic acids is 1. The van der Waals surface area contributed by atoms with Crippen molar-refractivity contribution >= 4 is 40.8 Å². The second-order valence-corrected chi connectivity index (χ2v) is 9.76. The second-order valence-electron chi connectivity index (χ2n) is 8.62. The Morgan fingerprint density at radius 1 is 1.11 bits per heavy atom. The minimum Gasteiger partial charge on any atom is -0.550 e. The van der Waals surface area contributed by atoms with E-state index < -0.39 is 11.9 Å². The van der Waals surface area contributed by atoms with E-state index in [0.717, 1.165) is 39.1 Å². The van der Waals surface area contributed by atoms with Gasteiger partial charge >= 0.3 is 29.6 Å². The van der Waals surface area contributed by atoms with Crippen molar-refractivity contribution in [3.8, 4) is 5.75 Å². The number of fused-ring (bicyclic) bond motifs is 3. The summed E-state index contributed by atoms with van der Waals surface area (Å²) >= 11 is 1.59. The third-order valence-electron chi connectivity index (χ3n) is 6.07. The van der Waals surface area contributed by atoms with Crippen LogP contribution in [0.15, 0.2) is 72.8 Å². The summed E-state index contributed by atoms with van der Waals surface area (Å²) in [7, 11) is 0. The monoisotopic (exact) mass is 507 g/mol. The van der Waals surface area contributed by atoms with E-state index in [0.29, 0.717) is 17.9 Å². The third-order valence-corrected chi connectivity index (χ3v) is 7.61. The first-order chi connectivity index (χ1) is 17.0. The molecule has 2 unspecified atom stereocenters. The molecule has 0 saturated heterocycles. The van der Waals surface area contributed by atoms with Crippen molar-refractivity contribution < 1.29 is 48.6 Å². The molecule has 0 amide bonds. The Morgan fingerprint density at radius 2 is 1.92 bits per heavy atom. The average molecular weight is 508 g/mol. The SMILES string of the molecule is CC(CSC1c2ccccc2COc2ccc(/C=C/c3ccc4ccc(F)cc4n3)cc21)C(=O)[O-].[Na+]. The molecule has 3 aromatic carbocycles. The summed E-state index contributed by atoms with van der Waals surface area (Å²) in [5.74, 6) is -0.703. The van der Waals surface area contributed by atoms with Crippen molar-refractivity contribution in [2.45, 2.75) is 18.8 Å². The van der Waals surface area contributed by atoms with E-state index in [-0.39, 0.29) is 40.6 Å². The van der Waals surface area contributed by atoms with Crippen LogP contribution in [0.4, 0.5) is 4.39 Å². The van der Waals surface area contributed by atoms with Crippen LogP contribution in [0.25, 0.3) is 23.1 Å². The molecule has 0 fully saturated rings. The van der Waals surface area contributed by atoms with Crippen molar-refractivity contribution in [1.29, 1.82) is 0 Å². The number of aromatic nitrogens is 1. The summed E-state index contributed by atoms with van der Waals surface area (Å²) in [6.45, 7) is 2.13. The summed E-state index contributed by atoms with van der Waals surface area (Å²) in [5, 5.41) is 12.1. The van der Waals surface area contributed by atoms with Crippen LogP contribution in [0.5, 0.6) is 5.75 Å². The van der Waals surface area contributed by atoms with Crippen molar-refractivity contribution in [2.75, 3.05) is 5.75 Å². The molecule has 4 aromatic rings. The van der Waals surface area contributed by atoms with Crippen molar-refractivity contribution in [2.24, 2.45) is 5.92 Å². The molecule has 0 radical (unpaired) electrons. The largest absolute Gasteiger partial charge is 1.00 e. The third kappa shape index (κ3) is 5.84. The number of carboxylic acids is 1. The normalized spacial score (nSPS) is 15.3. The molecule has 0 bridgehead atoms. The molecule has 0 saturated carbocycles. The molecule has 7 heteroatoms. The van der Waals surface area contributed by atoms with Gasteiger partial charge in [-0.15, -0.1) is 11.8 Å². The van der Waals surface area contributed by atoms with Crippen LogP contribution in [0.3, 0.4) is 0 Å². The minimum atomic E-state index is -1.05. The number of pyridine rings is 1. The van der Waals surface area contributed by atoms with Crippen molar-refractivity contribution in [3.63, 3.8) is 0 Å². The standard InChI is InChI=1S/C29H24FNO3S.Na/c1-18(29(32)33)17-35-28-24-5-3-2-4-21(24)16-34-27-13-7-19(14-25(27)28)6-11-23-12-9-20-8-10-22(30)15-26(20)31-23;/h2-15,18,28H,16-17H2,1H3,(H,32,33);/q;+1/p-1/b11-6+;. The number of benzene rings is 3. The number of halogens is 1. The zero-order valence-corrected chi connectivity index (χ0v) is 22.9. The molecule has 1 aromatic heterocycles. The van der Waals surface area contributed by atoms with Gasteiger partial charge in [0.25, 0.3) is 0 Å². The van der Waals surface area contributed by atoms with Crippen LogP contribution in [0.1, 0.15) is 40.1 Å². The van der Waals surface area contributed by atoms with Crippen LogP contribution in [0.2, 0.25) is 0 Å². The molecular weight excluding hydrogens is 484 g/mol. The van der Waals surface area contributed by atoms with Gasteiger partial charge in [-0.05, 0) is 53.1 Å². The summed E-state index contributed by atoms with van der Waals surface area (Å²) in [6.07, 6.45) is 3.87. The van der Waals surface area contributed by atoms with E-state index in [4.69, 9.17) is 4.74 Å². The molecule has 5 rings (SSSR count). The Morgan fingerprint density at radius 3 is 2.75 bits per heavy atom. The first kappa shape index (κ1) is 26.4. The molecule has 2 heterocycles. The summed E-state index contributed by atoms with van der Waals surface area (Å²) < 4.78 is 19.7. The summed E-state index contributed by atoms with van der Waals surface area (Å²) in [5.41, 5.74) is 5.52. The van der Waals surface area contributed by atoms with Crippen LogP contribution in [-0.2, 0) is 11.4 Å². The number of nitrogens with zero attached hydrogens (tertiary/aromatic N) is 1. The smallest absolute Gasteiger partial charge is 0.550 e. The van der Waals surface area contributed by atoms with Crippen LogP contribution < -0.4 is 39.4 Å². The van der Waals surface area contributed by atoms with Gasteiger partial charge in [0, 0.05) is 34.7 Å². The maximum absolute atomic E-state index is 13.6. The van der Waals surface area contributed by atoms with Crippen molar-refractivity contribution in [3.05, 3.63) is 107 Å². The molecule has 4 nitrogen and oxygen atoms in total. The number of carbonyl (C=O) groups is 1. The molecule has 1 aliphatic rings. The zero-order valence-electron chi connectivity index (χ0n) is 20.1. The Balaban J connectivity index is 0.00000304. The van der Waals surface area contributed by atoms with Gasteiger partial charge in [-0.25, -0.2) is 9.37 Å². The van der Waals surface area contributed by atoms with Gasteiger partial charge in [-0.1, -0.05) is 49.4 Å². The average Bonchev–Trinajstić information content (AvgIpc) is 3.02. The van der Waals surface area contributed by atoms with E-state index in [2.05, 4.69) is 17.1 Å². The second kappa shape index (κ2) is 11.6. The van der Waals surface area contributed by atoms with Crippen LogP contribution in [-0.4, -0.2) is 16.7 Å². The van der Waals surface area contributed by atoms with E-state index in [1.165, 1.54) is 12.1 Å². The minimum absolute atomic E-state index is 0. The van der Waals surface area contributed by atoms with Gasteiger partial charge in [-0.2, -0.15) is 0 Å². The Kier molecular flexibility index (Phi) is 8.52. The van der Waals surface area contributed by atoms with Crippen LogP contribution in [0, 0.1) is 11.7 Å². The van der Waals surface area contributed by atoms with E-state index in [1.807, 2.05) is 54.6 Å². The number of aliphatic carboxylic acids is 1. The number of ether oxygens (including phenoxy) is 1. The van der Waals surface area contributed by atoms with Crippen molar-refractivity contribution in [1.82, 2.24) is 4.98 Å². The number of thioether (sulfide) groups is 1. The van der Waals surface area contributed by atoms with Gasteiger partial charge in [0.05, 0.1) is 16.5 Å². The molecule has 176 valence electrons. The first-order valence-electron chi connectivity index (χ1n) is 11.4. The number of rotatable bonds is 6. The summed E-state index contributed by atoms with van der Waals surface area (Å²) in [4.78, 5) is 15.9. The predicted molar refractivity (Wildman–Crippen MR) is 136 cm³/mol. The van der Waals surface area contributed by atoms with Gasteiger partial charge < -0.3 is 14.6 Å². The quantitative estimate of drug-likeness (QED) is 0.376. The fraction of sp³-hybridized carbons (Fsp3) is 0.172. The number of carboxylic acid groups (broad SMARTS) is 1. The van der Waals surface area contributed by atoms with E-state index in [9.17, 15) is 14.3 Å². The Hall–Kier alpha value is -2.64. The van der Waals surface area contributed by atoms with E-state index >= 15 is 0 Å². The van der Waals surface area contributed by atoms with Crippen LogP contribution >= 0.6 is 11.8 Å². The maximum atomic E-state index is 13.6. The fourth-order valence-corrected chi connectivity index (χ4v) is 5.51. The molecular formula is C29H23FNNaO3S. The molecule has 0 N–H and O–H groups in total. The van der Waals surface area contributed by atoms with Gasteiger partial charge in [0.2, 0.25) is 0 Å². The van der Waals surface area contributed by atoms with Gasteiger partial charge in [0.1, 0.15) is 18.2 Å². The summed E-state index contributed by atoms with van der Waals surface area (Å²) in [6, 6.07) is 22.5. The topological polar surface area (TPSA) is 62.2 Å². The number of hydrogen-bond donors (Lipinski definition) is 0. The Bertz CT molecular complexity index is 1440. The predicted octanol–water partition coefficient (Wildman–Crippen LogP) is 2.65. The Labute approximate surface area is 235 Å². The van der Waals surface area contributed by atoms with Gasteiger partial charge in [0.15, 0.2) is 0 Å². The first-order valence-corrected chi connectivity index (χ1v) is 12.4. The van der Waals surface area contributed by atoms with E-state index in [1.54, 1.807) is 24.8 Å². The molecule has 36 heavy (non-hydrogen) atoms. The molecule has 2 atom stereocenters. The molecule has 0 aliphatic carbocycles. The zero-order chi connectivity index (χ0) is 24.4. The van der Waals surface area contributed by atoms with Gasteiger partial charge in [-0.3, -0.25) is 0 Å². The molecule has 1 aliphatic heterocycles. The maximum Gasteiger partial charge on any atom is 1.00 e. The molecule has 0 spiro atoms.